The third-order valence-electron chi connectivity index (χ3n) is 2.88. The Morgan fingerprint density at radius 1 is 1.33 bits per heavy atom. The van der Waals surface area contributed by atoms with Gasteiger partial charge in [-0.25, -0.2) is 4.98 Å². The van der Waals surface area contributed by atoms with Crippen molar-refractivity contribution in [2.24, 2.45) is 0 Å². The van der Waals surface area contributed by atoms with E-state index in [4.69, 9.17) is 10.5 Å². The molecule has 1 aromatic carbocycles. The lowest BCUT2D eigenvalue weighted by molar-refractivity contribution is 0.301. The van der Waals surface area contributed by atoms with Crippen LogP contribution in [-0.4, -0.2) is 21.1 Å². The summed E-state index contributed by atoms with van der Waals surface area (Å²) in [6.45, 7) is 1.36. The highest BCUT2D eigenvalue weighted by Crippen LogP contribution is 2.28. The summed E-state index contributed by atoms with van der Waals surface area (Å²) in [5.41, 5.74) is 7.59. The lowest BCUT2D eigenvalue weighted by Gasteiger charge is -2.08. The number of nitrogens with one attached hydrogen (secondary N) is 1. The predicted molar refractivity (Wildman–Crippen MR) is 70.4 cm³/mol. The first-order chi connectivity index (χ1) is 8.84. The Labute approximate surface area is 104 Å². The van der Waals surface area contributed by atoms with Crippen LogP contribution < -0.4 is 10.5 Å². The monoisotopic (exact) mass is 242 g/mol. The molecule has 5 nitrogen and oxygen atoms in total. The maximum atomic E-state index is 5.89. The maximum Gasteiger partial charge on any atom is 0.143 e. The first-order valence-electron chi connectivity index (χ1n) is 5.79. The van der Waals surface area contributed by atoms with Crippen molar-refractivity contribution in [2.45, 2.75) is 6.54 Å². The molecule has 3 aromatic rings. The van der Waals surface area contributed by atoms with Gasteiger partial charge in [0.05, 0.1) is 18.4 Å². The van der Waals surface area contributed by atoms with Gasteiger partial charge < -0.3 is 20.0 Å². The molecule has 0 bridgehead atoms. The minimum atomic E-state index is 0.592. The predicted octanol–water partition coefficient (Wildman–Crippen LogP) is 2.03. The minimum Gasteiger partial charge on any atom is -0.490 e. The van der Waals surface area contributed by atoms with E-state index < -0.39 is 0 Å². The molecular formula is C13H14N4O. The molecule has 5 heteroatoms. The summed E-state index contributed by atoms with van der Waals surface area (Å²) >= 11 is 0. The first-order valence-corrected chi connectivity index (χ1v) is 5.79. The largest absolute Gasteiger partial charge is 0.490 e. The highest BCUT2D eigenvalue weighted by molar-refractivity contribution is 5.94. The van der Waals surface area contributed by atoms with Crippen molar-refractivity contribution in [1.82, 2.24) is 14.5 Å². The lowest BCUT2D eigenvalue weighted by atomic mass is 10.2. The van der Waals surface area contributed by atoms with Crippen molar-refractivity contribution in [1.29, 1.82) is 0 Å². The number of fused-ring (bicyclic) bond motifs is 1. The topological polar surface area (TPSA) is 68.9 Å². The van der Waals surface area contributed by atoms with Crippen LogP contribution in [0, 0.1) is 0 Å². The van der Waals surface area contributed by atoms with Crippen molar-refractivity contribution in [3.63, 3.8) is 0 Å². The van der Waals surface area contributed by atoms with Gasteiger partial charge in [-0.15, -0.1) is 0 Å². The smallest absolute Gasteiger partial charge is 0.143 e. The SMILES string of the molecule is Nc1ccc(OCCn2ccnc2)c2[nH]ccc12. The second kappa shape index (κ2) is 4.44. The van der Waals surface area contributed by atoms with Gasteiger partial charge in [0.15, 0.2) is 0 Å². The summed E-state index contributed by atoms with van der Waals surface area (Å²) < 4.78 is 7.75. The molecule has 3 N–H and O–H groups in total. The van der Waals surface area contributed by atoms with Gasteiger partial charge in [0.1, 0.15) is 12.4 Å². The Balaban J connectivity index is 1.75. The Hall–Kier alpha value is -2.43. The van der Waals surface area contributed by atoms with Gasteiger partial charge in [-0.3, -0.25) is 0 Å². The second-order valence-electron chi connectivity index (χ2n) is 4.07. The van der Waals surface area contributed by atoms with Crippen LogP contribution in [0.1, 0.15) is 0 Å². The number of nitrogen functional groups attached to an aromatic ring is 1. The Morgan fingerprint density at radius 2 is 2.28 bits per heavy atom. The van der Waals surface area contributed by atoms with Gasteiger partial charge in [0.25, 0.3) is 0 Å². The number of aromatic amines is 1. The van der Waals surface area contributed by atoms with E-state index >= 15 is 0 Å². The molecule has 0 aliphatic carbocycles. The van der Waals surface area contributed by atoms with Gasteiger partial charge in [-0.1, -0.05) is 0 Å². The molecule has 0 saturated heterocycles. The van der Waals surface area contributed by atoms with E-state index in [0.29, 0.717) is 6.61 Å². The summed E-state index contributed by atoms with van der Waals surface area (Å²) in [6, 6.07) is 5.71. The highest BCUT2D eigenvalue weighted by Gasteiger charge is 2.05. The van der Waals surface area contributed by atoms with E-state index in [0.717, 1.165) is 28.9 Å². The molecule has 92 valence electrons. The van der Waals surface area contributed by atoms with E-state index in [2.05, 4.69) is 9.97 Å². The zero-order valence-corrected chi connectivity index (χ0v) is 9.84. The number of benzene rings is 1. The number of imidazole rings is 1. The van der Waals surface area contributed by atoms with E-state index in [1.54, 1.807) is 12.5 Å². The van der Waals surface area contributed by atoms with Crippen LogP contribution in [0.15, 0.2) is 43.1 Å². The van der Waals surface area contributed by atoms with Crippen LogP contribution in [0.3, 0.4) is 0 Å². The third kappa shape index (κ3) is 1.90. The number of nitrogens with zero attached hydrogens (tertiary/aromatic N) is 2. The molecule has 2 aromatic heterocycles. The van der Waals surface area contributed by atoms with E-state index in [1.807, 2.05) is 35.2 Å². The van der Waals surface area contributed by atoms with Crippen molar-refractivity contribution in [3.8, 4) is 5.75 Å². The summed E-state index contributed by atoms with van der Waals surface area (Å²) in [4.78, 5) is 7.13. The molecule has 0 radical (unpaired) electrons. The van der Waals surface area contributed by atoms with Gasteiger partial charge in [-0.2, -0.15) is 0 Å². The van der Waals surface area contributed by atoms with Crippen molar-refractivity contribution >= 4 is 16.6 Å². The van der Waals surface area contributed by atoms with Crippen molar-refractivity contribution in [2.75, 3.05) is 12.3 Å². The molecule has 2 heterocycles. The zero-order chi connectivity index (χ0) is 12.4. The van der Waals surface area contributed by atoms with Crippen LogP contribution >= 0.6 is 0 Å². The molecule has 0 unspecified atom stereocenters. The average molecular weight is 242 g/mol. The highest BCUT2D eigenvalue weighted by atomic mass is 16.5. The van der Waals surface area contributed by atoms with Crippen molar-refractivity contribution in [3.05, 3.63) is 43.1 Å². The molecule has 0 saturated carbocycles. The number of rotatable bonds is 4. The number of ether oxygens (including phenoxy) is 1. The van der Waals surface area contributed by atoms with Crippen LogP contribution in [0.4, 0.5) is 5.69 Å². The Kier molecular flexibility index (Phi) is 2.64. The molecule has 0 aliphatic heterocycles. The molecule has 0 aliphatic rings. The zero-order valence-electron chi connectivity index (χ0n) is 9.84. The first kappa shape index (κ1) is 10.7. The molecule has 0 spiro atoms. The minimum absolute atomic E-state index is 0.592. The third-order valence-corrected chi connectivity index (χ3v) is 2.88. The quantitative estimate of drug-likeness (QED) is 0.688. The molecule has 3 rings (SSSR count). The number of nitrogens with two attached hydrogens (primary N) is 1. The second-order valence-corrected chi connectivity index (χ2v) is 4.07. The number of hydrogen-bond acceptors (Lipinski definition) is 3. The van der Waals surface area contributed by atoms with Crippen molar-refractivity contribution < 1.29 is 4.74 Å². The maximum absolute atomic E-state index is 5.89. The molecule has 0 atom stereocenters. The number of hydrogen-bond donors (Lipinski definition) is 2. The van der Waals surface area contributed by atoms with E-state index in [9.17, 15) is 0 Å². The van der Waals surface area contributed by atoms with Gasteiger partial charge >= 0.3 is 0 Å². The number of aromatic nitrogens is 3. The molecule has 18 heavy (non-hydrogen) atoms. The molecule has 0 amide bonds. The van der Waals surface area contributed by atoms with Gasteiger partial charge in [-0.05, 0) is 18.2 Å². The Bertz CT molecular complexity index is 642. The lowest BCUT2D eigenvalue weighted by Crippen LogP contribution is -2.06. The van der Waals surface area contributed by atoms with Gasteiger partial charge in [0.2, 0.25) is 0 Å². The number of H-pyrrole nitrogens is 1. The van der Waals surface area contributed by atoms with Crippen LogP contribution in [0.2, 0.25) is 0 Å². The Morgan fingerprint density at radius 3 is 3.11 bits per heavy atom. The fourth-order valence-corrected chi connectivity index (χ4v) is 1.95. The van der Waals surface area contributed by atoms with Crippen LogP contribution in [-0.2, 0) is 6.54 Å². The fourth-order valence-electron chi connectivity index (χ4n) is 1.95. The summed E-state index contributed by atoms with van der Waals surface area (Å²) in [6.07, 6.45) is 7.31. The summed E-state index contributed by atoms with van der Waals surface area (Å²) in [5.74, 6) is 0.823. The standard InChI is InChI=1S/C13H14N4O/c14-11-1-2-12(13-10(11)3-4-16-13)18-8-7-17-6-5-15-9-17/h1-6,9,16H,7-8,14H2. The number of anilines is 1. The average Bonchev–Trinajstić information content (AvgIpc) is 3.02. The molecule has 0 fully saturated rings. The van der Waals surface area contributed by atoms with E-state index in [-0.39, 0.29) is 0 Å². The van der Waals surface area contributed by atoms with Crippen LogP contribution in [0.5, 0.6) is 5.75 Å². The fraction of sp³-hybridized carbons (Fsp3) is 0.154. The van der Waals surface area contributed by atoms with Gasteiger partial charge in [0, 0.05) is 29.7 Å². The van der Waals surface area contributed by atoms with Crippen LogP contribution in [0.25, 0.3) is 10.9 Å². The normalized spacial score (nSPS) is 10.9. The molecular weight excluding hydrogens is 228 g/mol. The summed E-state index contributed by atoms with van der Waals surface area (Å²) in [7, 11) is 0. The summed E-state index contributed by atoms with van der Waals surface area (Å²) in [5, 5.41) is 0.995. The van der Waals surface area contributed by atoms with E-state index in [1.165, 1.54) is 0 Å².